The molecule has 1 unspecified atom stereocenters. The normalized spacial score (nSPS) is 22.6. The first kappa shape index (κ1) is 12.0. The van der Waals surface area contributed by atoms with Crippen LogP contribution in [0.2, 0.25) is 0 Å². The molecule has 3 heteroatoms. The Balaban J connectivity index is 1.56. The van der Waals surface area contributed by atoms with Crippen LogP contribution in [0.5, 0.6) is 5.75 Å². The summed E-state index contributed by atoms with van der Waals surface area (Å²) in [6.07, 6.45) is 6.04. The van der Waals surface area contributed by atoms with E-state index in [4.69, 9.17) is 15.2 Å². The van der Waals surface area contributed by atoms with Crippen molar-refractivity contribution in [1.29, 1.82) is 0 Å². The maximum Gasteiger partial charge on any atom is 0.189 e. The lowest BCUT2D eigenvalue weighted by atomic mass is 9.88. The van der Waals surface area contributed by atoms with Crippen molar-refractivity contribution in [2.45, 2.75) is 38.1 Å². The van der Waals surface area contributed by atoms with Gasteiger partial charge in [0.25, 0.3) is 0 Å². The second-order valence-electron chi connectivity index (χ2n) is 5.44. The van der Waals surface area contributed by atoms with Crippen LogP contribution >= 0.6 is 0 Å². The molecular weight excluding hydrogens is 226 g/mol. The summed E-state index contributed by atoms with van der Waals surface area (Å²) in [7, 11) is 0. The fraction of sp³-hybridized carbons (Fsp3) is 0.600. The zero-order valence-corrected chi connectivity index (χ0v) is 10.7. The Morgan fingerprint density at radius 3 is 2.94 bits per heavy atom. The molecule has 0 saturated heterocycles. The average molecular weight is 247 g/mol. The number of fused-ring (bicyclic) bond motifs is 1. The molecule has 3 nitrogen and oxygen atoms in total. The highest BCUT2D eigenvalue weighted by Gasteiger charge is 2.21. The molecule has 98 valence electrons. The van der Waals surface area contributed by atoms with Crippen LogP contribution in [0.15, 0.2) is 18.2 Å². The molecule has 2 aliphatic rings. The van der Waals surface area contributed by atoms with E-state index in [2.05, 4.69) is 12.1 Å². The van der Waals surface area contributed by atoms with Crippen LogP contribution < -0.4 is 10.5 Å². The fourth-order valence-electron chi connectivity index (χ4n) is 2.51. The van der Waals surface area contributed by atoms with E-state index in [1.165, 1.54) is 30.4 Å². The summed E-state index contributed by atoms with van der Waals surface area (Å²) in [5.41, 5.74) is 8.76. The Morgan fingerprint density at radius 2 is 2.11 bits per heavy atom. The monoisotopic (exact) mass is 247 g/mol. The second-order valence-corrected chi connectivity index (χ2v) is 5.44. The minimum Gasteiger partial charge on any atom is -0.468 e. The third-order valence-corrected chi connectivity index (χ3v) is 3.84. The quantitative estimate of drug-likeness (QED) is 0.642. The van der Waals surface area contributed by atoms with E-state index >= 15 is 0 Å². The summed E-state index contributed by atoms with van der Waals surface area (Å²) in [6, 6.07) is 6.42. The summed E-state index contributed by atoms with van der Waals surface area (Å²) in [6.45, 7) is 1.19. The van der Waals surface area contributed by atoms with E-state index in [0.717, 1.165) is 31.1 Å². The zero-order valence-electron chi connectivity index (χ0n) is 10.7. The first-order valence-corrected chi connectivity index (χ1v) is 6.92. The standard InChI is InChI=1S/C15H21NO2/c16-15-3-1-2-12-6-7-13(8-14(12)15)18-10-17-9-11-4-5-11/h6-8,11,15H,1-5,9-10,16H2. The molecule has 0 bridgehead atoms. The molecule has 1 saturated carbocycles. The van der Waals surface area contributed by atoms with E-state index in [1.54, 1.807) is 0 Å². The van der Waals surface area contributed by atoms with Gasteiger partial charge in [-0.15, -0.1) is 0 Å². The maximum absolute atomic E-state index is 6.13. The Labute approximate surface area is 108 Å². The van der Waals surface area contributed by atoms with Gasteiger partial charge >= 0.3 is 0 Å². The molecule has 0 aliphatic heterocycles. The van der Waals surface area contributed by atoms with Crippen molar-refractivity contribution in [3.63, 3.8) is 0 Å². The van der Waals surface area contributed by atoms with Gasteiger partial charge in [0, 0.05) is 6.04 Å². The van der Waals surface area contributed by atoms with Gasteiger partial charge in [-0.05, 0) is 61.3 Å². The third kappa shape index (κ3) is 2.85. The van der Waals surface area contributed by atoms with Crippen molar-refractivity contribution in [2.24, 2.45) is 11.7 Å². The molecule has 0 aromatic heterocycles. The van der Waals surface area contributed by atoms with E-state index in [0.29, 0.717) is 6.79 Å². The summed E-state index contributed by atoms with van der Waals surface area (Å²) in [5.74, 6) is 1.66. The van der Waals surface area contributed by atoms with Gasteiger partial charge in [-0.1, -0.05) is 6.07 Å². The number of hydrogen-bond donors (Lipinski definition) is 1. The zero-order chi connectivity index (χ0) is 12.4. The number of rotatable bonds is 5. The lowest BCUT2D eigenvalue weighted by Gasteiger charge is -2.22. The lowest BCUT2D eigenvalue weighted by Crippen LogP contribution is -2.17. The Bertz CT molecular complexity index is 415. The molecule has 2 N–H and O–H groups in total. The van der Waals surface area contributed by atoms with Crippen molar-refractivity contribution < 1.29 is 9.47 Å². The number of ether oxygens (including phenoxy) is 2. The van der Waals surface area contributed by atoms with Gasteiger partial charge in [0.1, 0.15) is 5.75 Å². The van der Waals surface area contributed by atoms with Crippen LogP contribution in [0.25, 0.3) is 0 Å². The molecule has 1 atom stereocenters. The van der Waals surface area contributed by atoms with Crippen molar-refractivity contribution in [3.8, 4) is 5.75 Å². The van der Waals surface area contributed by atoms with Crippen LogP contribution in [-0.2, 0) is 11.2 Å². The summed E-state index contributed by atoms with van der Waals surface area (Å²) in [5, 5.41) is 0. The van der Waals surface area contributed by atoms with Gasteiger partial charge in [0.15, 0.2) is 6.79 Å². The van der Waals surface area contributed by atoms with E-state index in [-0.39, 0.29) is 6.04 Å². The highest BCUT2D eigenvalue weighted by atomic mass is 16.7. The highest BCUT2D eigenvalue weighted by Crippen LogP contribution is 2.31. The van der Waals surface area contributed by atoms with Crippen LogP contribution in [-0.4, -0.2) is 13.4 Å². The molecule has 3 rings (SSSR count). The van der Waals surface area contributed by atoms with E-state index in [1.807, 2.05) is 6.07 Å². The number of nitrogens with two attached hydrogens (primary N) is 1. The molecule has 18 heavy (non-hydrogen) atoms. The van der Waals surface area contributed by atoms with Gasteiger partial charge in [-0.2, -0.15) is 0 Å². The van der Waals surface area contributed by atoms with E-state index in [9.17, 15) is 0 Å². The largest absolute Gasteiger partial charge is 0.468 e. The van der Waals surface area contributed by atoms with Crippen molar-refractivity contribution in [1.82, 2.24) is 0 Å². The molecule has 0 amide bonds. The van der Waals surface area contributed by atoms with Gasteiger partial charge in [0.2, 0.25) is 0 Å². The first-order chi connectivity index (χ1) is 8.83. The van der Waals surface area contributed by atoms with Gasteiger partial charge in [-0.3, -0.25) is 0 Å². The topological polar surface area (TPSA) is 44.5 Å². The van der Waals surface area contributed by atoms with Crippen LogP contribution in [0.4, 0.5) is 0 Å². The number of benzene rings is 1. The molecule has 1 aromatic carbocycles. The second kappa shape index (κ2) is 5.29. The van der Waals surface area contributed by atoms with Gasteiger partial charge in [-0.25, -0.2) is 0 Å². The molecule has 0 radical (unpaired) electrons. The Kier molecular flexibility index (Phi) is 3.52. The van der Waals surface area contributed by atoms with Gasteiger partial charge in [0.05, 0.1) is 6.61 Å². The maximum atomic E-state index is 6.13. The lowest BCUT2D eigenvalue weighted by molar-refractivity contribution is 0.00991. The van der Waals surface area contributed by atoms with Crippen LogP contribution in [0, 0.1) is 5.92 Å². The minimum atomic E-state index is 0.171. The minimum absolute atomic E-state index is 0.171. The molecule has 0 spiro atoms. The predicted molar refractivity (Wildman–Crippen MR) is 70.5 cm³/mol. The molecule has 2 aliphatic carbocycles. The Morgan fingerprint density at radius 1 is 1.22 bits per heavy atom. The smallest absolute Gasteiger partial charge is 0.189 e. The summed E-state index contributed by atoms with van der Waals surface area (Å²) in [4.78, 5) is 0. The van der Waals surface area contributed by atoms with E-state index < -0.39 is 0 Å². The summed E-state index contributed by atoms with van der Waals surface area (Å²) >= 11 is 0. The van der Waals surface area contributed by atoms with Crippen LogP contribution in [0.1, 0.15) is 42.9 Å². The van der Waals surface area contributed by atoms with Gasteiger partial charge < -0.3 is 15.2 Å². The van der Waals surface area contributed by atoms with Crippen molar-refractivity contribution in [3.05, 3.63) is 29.3 Å². The fourth-order valence-corrected chi connectivity index (χ4v) is 2.51. The molecule has 1 fully saturated rings. The summed E-state index contributed by atoms with van der Waals surface area (Å²) < 4.78 is 11.1. The number of hydrogen-bond acceptors (Lipinski definition) is 3. The van der Waals surface area contributed by atoms with Crippen LogP contribution in [0.3, 0.4) is 0 Å². The SMILES string of the molecule is NC1CCCc2ccc(OCOCC3CC3)cc21. The van der Waals surface area contributed by atoms with Crippen molar-refractivity contribution >= 4 is 0 Å². The molecular formula is C15H21NO2. The molecule has 1 aromatic rings. The average Bonchev–Trinajstić information content (AvgIpc) is 3.20. The molecule has 0 heterocycles. The number of aryl methyl sites for hydroxylation is 1. The Hall–Kier alpha value is -1.06. The third-order valence-electron chi connectivity index (χ3n) is 3.84. The van der Waals surface area contributed by atoms with Crippen molar-refractivity contribution in [2.75, 3.05) is 13.4 Å². The first-order valence-electron chi connectivity index (χ1n) is 6.92. The predicted octanol–water partition coefficient (Wildman–Crippen LogP) is 2.79. The highest BCUT2D eigenvalue weighted by molar-refractivity contribution is 5.38.